The second-order valence-corrected chi connectivity index (χ2v) is 7.57. The molecule has 0 aliphatic carbocycles. The highest BCUT2D eigenvalue weighted by Crippen LogP contribution is 2.22. The van der Waals surface area contributed by atoms with Crippen LogP contribution in [0.15, 0.2) is 58.5 Å². The van der Waals surface area contributed by atoms with Crippen LogP contribution in [0.5, 0.6) is 0 Å². The number of rotatable bonds is 5. The Morgan fingerprint density at radius 3 is 2.52 bits per heavy atom. The number of anilines is 1. The Kier molecular flexibility index (Phi) is 5.71. The molecule has 138 valence electrons. The van der Waals surface area contributed by atoms with Gasteiger partial charge in [-0.1, -0.05) is 59.8 Å². The highest BCUT2D eigenvalue weighted by atomic mass is 32.2. The summed E-state index contributed by atoms with van der Waals surface area (Å²) in [6.45, 7) is 5.71. The minimum atomic E-state index is -0.446. The fourth-order valence-corrected chi connectivity index (χ4v) is 3.31. The lowest BCUT2D eigenvalue weighted by Gasteiger charge is -2.13. The number of aryl methyl sites for hydroxylation is 2. The predicted octanol–water partition coefficient (Wildman–Crippen LogP) is 3.57. The van der Waals surface area contributed by atoms with Gasteiger partial charge in [0.2, 0.25) is 5.91 Å². The summed E-state index contributed by atoms with van der Waals surface area (Å²) >= 11 is 1.16. The van der Waals surface area contributed by atoms with Crippen molar-refractivity contribution in [3.05, 3.63) is 70.0 Å². The number of aromatic nitrogens is 3. The van der Waals surface area contributed by atoms with E-state index in [1.54, 1.807) is 19.1 Å². The Hall–Kier alpha value is -2.93. The van der Waals surface area contributed by atoms with Crippen LogP contribution in [0.2, 0.25) is 0 Å². The molecule has 27 heavy (non-hydrogen) atoms. The van der Waals surface area contributed by atoms with Crippen molar-refractivity contribution in [2.24, 2.45) is 0 Å². The summed E-state index contributed by atoms with van der Waals surface area (Å²) in [6, 6.07) is 15.0. The zero-order valence-electron chi connectivity index (χ0n) is 15.3. The van der Waals surface area contributed by atoms with E-state index in [-0.39, 0.29) is 17.2 Å². The number of nitrogens with zero attached hydrogens (tertiary/aromatic N) is 2. The normalized spacial score (nSPS) is 11.8. The van der Waals surface area contributed by atoms with Crippen LogP contribution in [0, 0.1) is 13.8 Å². The smallest absolute Gasteiger partial charge is 0.278 e. The first-order valence-electron chi connectivity index (χ1n) is 8.51. The van der Waals surface area contributed by atoms with E-state index in [1.807, 2.05) is 50.2 Å². The number of carbonyl (C=O) groups excluding carboxylic acids is 1. The second-order valence-electron chi connectivity index (χ2n) is 6.24. The molecule has 1 unspecified atom stereocenters. The van der Waals surface area contributed by atoms with Crippen LogP contribution in [0.3, 0.4) is 0 Å². The average molecular weight is 380 g/mol. The molecular formula is C20H20N4O2S. The topological polar surface area (TPSA) is 87.7 Å². The van der Waals surface area contributed by atoms with Crippen molar-refractivity contribution in [2.75, 3.05) is 5.32 Å². The van der Waals surface area contributed by atoms with Crippen LogP contribution >= 0.6 is 11.8 Å². The molecule has 0 aliphatic heterocycles. The molecule has 0 fully saturated rings. The maximum atomic E-state index is 12.5. The SMILES string of the molecule is Cc1ccc(NC(=O)C(C)Sc2nnc(-c3ccccc3)c(=O)[nH]2)c(C)c1. The molecule has 0 radical (unpaired) electrons. The van der Waals surface area contributed by atoms with Gasteiger partial charge in [-0.15, -0.1) is 10.2 Å². The number of benzene rings is 2. The zero-order chi connectivity index (χ0) is 19.4. The lowest BCUT2D eigenvalue weighted by atomic mass is 10.1. The van der Waals surface area contributed by atoms with Gasteiger partial charge in [-0.2, -0.15) is 0 Å². The molecule has 2 N–H and O–H groups in total. The van der Waals surface area contributed by atoms with Gasteiger partial charge in [-0.05, 0) is 32.4 Å². The van der Waals surface area contributed by atoms with E-state index >= 15 is 0 Å². The maximum absolute atomic E-state index is 12.5. The summed E-state index contributed by atoms with van der Waals surface area (Å²) in [5.41, 5.74) is 3.54. The number of hydrogen-bond acceptors (Lipinski definition) is 5. The molecule has 6 nitrogen and oxygen atoms in total. The van der Waals surface area contributed by atoms with Gasteiger partial charge in [0.15, 0.2) is 10.9 Å². The molecule has 0 bridgehead atoms. The fourth-order valence-electron chi connectivity index (χ4n) is 2.57. The minimum absolute atomic E-state index is 0.165. The van der Waals surface area contributed by atoms with Crippen molar-refractivity contribution in [2.45, 2.75) is 31.2 Å². The predicted molar refractivity (Wildman–Crippen MR) is 108 cm³/mol. The van der Waals surface area contributed by atoms with E-state index in [1.165, 1.54) is 0 Å². The fraction of sp³-hybridized carbons (Fsp3) is 0.200. The van der Waals surface area contributed by atoms with Crippen molar-refractivity contribution < 1.29 is 4.79 Å². The summed E-state index contributed by atoms with van der Waals surface area (Å²) in [4.78, 5) is 27.4. The summed E-state index contributed by atoms with van der Waals surface area (Å²) in [6.07, 6.45) is 0. The first-order valence-corrected chi connectivity index (χ1v) is 9.39. The largest absolute Gasteiger partial charge is 0.325 e. The number of amides is 1. The summed E-state index contributed by atoms with van der Waals surface area (Å²) in [5, 5.41) is 10.8. The molecule has 1 amide bonds. The Bertz CT molecular complexity index is 1020. The Morgan fingerprint density at radius 2 is 1.85 bits per heavy atom. The quantitative estimate of drug-likeness (QED) is 0.661. The minimum Gasteiger partial charge on any atom is -0.325 e. The highest BCUT2D eigenvalue weighted by Gasteiger charge is 2.18. The molecule has 0 spiro atoms. The first kappa shape index (κ1) is 18.8. The van der Waals surface area contributed by atoms with Crippen molar-refractivity contribution >= 4 is 23.4 Å². The molecule has 1 heterocycles. The van der Waals surface area contributed by atoms with Gasteiger partial charge in [0, 0.05) is 11.3 Å². The number of thioether (sulfide) groups is 1. The van der Waals surface area contributed by atoms with Crippen LogP contribution in [0.25, 0.3) is 11.3 Å². The van der Waals surface area contributed by atoms with Gasteiger partial charge in [0.05, 0.1) is 5.25 Å². The highest BCUT2D eigenvalue weighted by molar-refractivity contribution is 8.00. The van der Waals surface area contributed by atoms with Crippen LogP contribution in [-0.4, -0.2) is 26.3 Å². The van der Waals surface area contributed by atoms with Crippen molar-refractivity contribution in [1.82, 2.24) is 15.2 Å². The van der Waals surface area contributed by atoms with E-state index in [0.29, 0.717) is 10.7 Å². The third-order valence-electron chi connectivity index (χ3n) is 4.02. The van der Waals surface area contributed by atoms with E-state index in [9.17, 15) is 9.59 Å². The van der Waals surface area contributed by atoms with Gasteiger partial charge in [-0.25, -0.2) is 0 Å². The van der Waals surface area contributed by atoms with E-state index < -0.39 is 5.25 Å². The summed E-state index contributed by atoms with van der Waals surface area (Å²) in [7, 11) is 0. The van der Waals surface area contributed by atoms with Crippen molar-refractivity contribution in [3.8, 4) is 11.3 Å². The van der Waals surface area contributed by atoms with Crippen molar-refractivity contribution in [1.29, 1.82) is 0 Å². The third-order valence-corrected chi connectivity index (χ3v) is 5.00. The molecule has 3 aromatic rings. The van der Waals surface area contributed by atoms with Crippen LogP contribution in [0.4, 0.5) is 5.69 Å². The molecule has 0 saturated heterocycles. The number of aromatic amines is 1. The number of carbonyl (C=O) groups is 1. The standard InChI is InChI=1S/C20H20N4O2S/c1-12-9-10-16(13(2)11-12)21-18(25)14(3)27-20-22-19(26)17(23-24-20)15-7-5-4-6-8-15/h4-11,14H,1-3H3,(H,21,25)(H,22,24,26). The van der Waals surface area contributed by atoms with Crippen LogP contribution < -0.4 is 10.9 Å². The maximum Gasteiger partial charge on any atom is 0.278 e. The van der Waals surface area contributed by atoms with E-state index in [2.05, 4.69) is 20.5 Å². The number of hydrogen-bond donors (Lipinski definition) is 2. The Labute approximate surface area is 161 Å². The van der Waals surface area contributed by atoms with Gasteiger partial charge in [0.25, 0.3) is 5.56 Å². The Balaban J connectivity index is 1.70. The molecule has 7 heteroatoms. The molecule has 3 rings (SSSR count). The van der Waals surface area contributed by atoms with Gasteiger partial charge in [-0.3, -0.25) is 14.6 Å². The lowest BCUT2D eigenvalue weighted by molar-refractivity contribution is -0.115. The van der Waals surface area contributed by atoms with Crippen molar-refractivity contribution in [3.63, 3.8) is 0 Å². The monoisotopic (exact) mass is 380 g/mol. The van der Waals surface area contributed by atoms with Gasteiger partial charge < -0.3 is 5.32 Å². The summed E-state index contributed by atoms with van der Waals surface area (Å²) in [5.74, 6) is -0.165. The molecule has 0 saturated carbocycles. The van der Waals surface area contributed by atoms with E-state index in [4.69, 9.17) is 0 Å². The van der Waals surface area contributed by atoms with E-state index in [0.717, 1.165) is 28.6 Å². The number of nitrogens with one attached hydrogen (secondary N) is 2. The Morgan fingerprint density at radius 1 is 1.11 bits per heavy atom. The summed E-state index contributed by atoms with van der Waals surface area (Å²) < 4.78 is 0. The first-order chi connectivity index (χ1) is 12.9. The molecular weight excluding hydrogens is 360 g/mol. The lowest BCUT2D eigenvalue weighted by Crippen LogP contribution is -2.24. The van der Waals surface area contributed by atoms with Gasteiger partial charge >= 0.3 is 0 Å². The van der Waals surface area contributed by atoms with Crippen LogP contribution in [0.1, 0.15) is 18.1 Å². The molecule has 1 atom stereocenters. The molecule has 2 aromatic carbocycles. The second kappa shape index (κ2) is 8.18. The molecule has 0 aliphatic rings. The zero-order valence-corrected chi connectivity index (χ0v) is 16.1. The third kappa shape index (κ3) is 4.62. The average Bonchev–Trinajstić information content (AvgIpc) is 2.64. The number of H-pyrrole nitrogens is 1. The molecule has 1 aromatic heterocycles. The van der Waals surface area contributed by atoms with Gasteiger partial charge in [0.1, 0.15) is 0 Å². The van der Waals surface area contributed by atoms with Crippen LogP contribution in [-0.2, 0) is 4.79 Å².